The van der Waals surface area contributed by atoms with E-state index in [2.05, 4.69) is 5.10 Å². The summed E-state index contributed by atoms with van der Waals surface area (Å²) in [6.45, 7) is 3.08. The van der Waals surface area contributed by atoms with Gasteiger partial charge in [-0.2, -0.15) is 5.10 Å². The maximum atomic E-state index is 5.70. The summed E-state index contributed by atoms with van der Waals surface area (Å²) in [6, 6.07) is 0. The van der Waals surface area contributed by atoms with Crippen LogP contribution in [0.4, 0.5) is 0 Å². The van der Waals surface area contributed by atoms with E-state index in [4.69, 9.17) is 27.4 Å². The second-order valence-corrected chi connectivity index (χ2v) is 3.97. The normalized spacial score (nSPS) is 16.1. The van der Waals surface area contributed by atoms with Gasteiger partial charge in [-0.05, 0) is 6.92 Å². The lowest BCUT2D eigenvalue weighted by molar-refractivity contribution is -0.0826. The van der Waals surface area contributed by atoms with Crippen molar-refractivity contribution in [2.45, 2.75) is 13.0 Å². The third-order valence-electron chi connectivity index (χ3n) is 2.30. The Kier molecular flexibility index (Phi) is 2.62. The fourth-order valence-corrected chi connectivity index (χ4v) is 1.73. The lowest BCUT2D eigenvalue weighted by Crippen LogP contribution is -2.39. The highest BCUT2D eigenvalue weighted by atomic mass is 32.1. The molecule has 0 unspecified atom stereocenters. The Balaban J connectivity index is 2.30. The fraction of sp³-hybridized carbons (Fsp3) is 0.556. The predicted molar refractivity (Wildman–Crippen MR) is 59.1 cm³/mol. The molecule has 2 heterocycles. The van der Waals surface area contributed by atoms with Crippen LogP contribution in [0.15, 0.2) is 0 Å². The standard InChI is InChI=1S/C9H13N3O2S/c1-5-7(8(10)15)9(12(2)11-5)14-6-3-13-4-6/h6H,3-4H2,1-2H3,(H2,10,15). The van der Waals surface area contributed by atoms with Crippen molar-refractivity contribution in [2.75, 3.05) is 13.2 Å². The summed E-state index contributed by atoms with van der Waals surface area (Å²) in [5.41, 5.74) is 7.14. The van der Waals surface area contributed by atoms with Gasteiger partial charge in [0, 0.05) is 7.05 Å². The summed E-state index contributed by atoms with van der Waals surface area (Å²) in [5.74, 6) is 0.633. The number of aromatic nitrogens is 2. The van der Waals surface area contributed by atoms with E-state index in [1.807, 2.05) is 14.0 Å². The van der Waals surface area contributed by atoms with Gasteiger partial charge in [0.1, 0.15) is 11.1 Å². The number of nitrogens with zero attached hydrogens (tertiary/aromatic N) is 2. The van der Waals surface area contributed by atoms with Crippen molar-refractivity contribution in [1.82, 2.24) is 9.78 Å². The van der Waals surface area contributed by atoms with Crippen LogP contribution in [0.5, 0.6) is 5.88 Å². The molecule has 82 valence electrons. The van der Waals surface area contributed by atoms with Crippen molar-refractivity contribution in [3.8, 4) is 5.88 Å². The van der Waals surface area contributed by atoms with Crippen molar-refractivity contribution in [3.63, 3.8) is 0 Å². The van der Waals surface area contributed by atoms with Crippen molar-refractivity contribution in [2.24, 2.45) is 12.8 Å². The molecule has 6 heteroatoms. The van der Waals surface area contributed by atoms with Gasteiger partial charge in [-0.15, -0.1) is 0 Å². The molecule has 0 bridgehead atoms. The highest BCUT2D eigenvalue weighted by Gasteiger charge is 2.25. The lowest BCUT2D eigenvalue weighted by atomic mass is 10.2. The molecule has 1 fully saturated rings. The molecule has 0 radical (unpaired) electrons. The molecule has 1 aromatic rings. The third kappa shape index (κ3) is 1.82. The molecule has 0 aromatic carbocycles. The van der Waals surface area contributed by atoms with Crippen LogP contribution < -0.4 is 10.5 Å². The van der Waals surface area contributed by atoms with Crippen LogP contribution >= 0.6 is 12.2 Å². The van der Waals surface area contributed by atoms with E-state index in [9.17, 15) is 0 Å². The zero-order chi connectivity index (χ0) is 11.0. The minimum Gasteiger partial charge on any atom is -0.469 e. The van der Waals surface area contributed by atoms with Crippen molar-refractivity contribution >= 4 is 17.2 Å². The Morgan fingerprint density at radius 2 is 2.33 bits per heavy atom. The first kappa shape index (κ1) is 10.4. The highest BCUT2D eigenvalue weighted by molar-refractivity contribution is 7.80. The van der Waals surface area contributed by atoms with E-state index in [1.165, 1.54) is 0 Å². The molecule has 2 rings (SSSR count). The van der Waals surface area contributed by atoms with Gasteiger partial charge < -0.3 is 15.2 Å². The summed E-state index contributed by atoms with van der Waals surface area (Å²) >= 11 is 4.97. The van der Waals surface area contributed by atoms with Crippen molar-refractivity contribution in [3.05, 3.63) is 11.3 Å². The molecule has 0 amide bonds. The first-order valence-electron chi connectivity index (χ1n) is 4.67. The number of rotatable bonds is 3. The summed E-state index contributed by atoms with van der Waals surface area (Å²) in [7, 11) is 1.81. The van der Waals surface area contributed by atoms with Crippen molar-refractivity contribution < 1.29 is 9.47 Å². The van der Waals surface area contributed by atoms with Gasteiger partial charge in [-0.1, -0.05) is 12.2 Å². The van der Waals surface area contributed by atoms with Crippen LogP contribution in [-0.4, -0.2) is 34.1 Å². The minimum absolute atomic E-state index is 0.0906. The molecule has 5 nitrogen and oxygen atoms in total. The van der Waals surface area contributed by atoms with Crippen LogP contribution in [0.3, 0.4) is 0 Å². The Hall–Kier alpha value is -1.14. The topological polar surface area (TPSA) is 62.3 Å². The average Bonchev–Trinajstić information content (AvgIpc) is 2.33. The van der Waals surface area contributed by atoms with Gasteiger partial charge in [-0.25, -0.2) is 4.68 Å². The maximum Gasteiger partial charge on any atom is 0.222 e. The fourth-order valence-electron chi connectivity index (χ4n) is 1.50. The van der Waals surface area contributed by atoms with E-state index in [1.54, 1.807) is 4.68 Å². The minimum atomic E-state index is 0.0906. The molecule has 1 aliphatic rings. The first-order chi connectivity index (χ1) is 7.09. The van der Waals surface area contributed by atoms with Gasteiger partial charge >= 0.3 is 0 Å². The highest BCUT2D eigenvalue weighted by Crippen LogP contribution is 2.23. The van der Waals surface area contributed by atoms with Crippen LogP contribution in [-0.2, 0) is 11.8 Å². The molecule has 1 aliphatic heterocycles. The summed E-state index contributed by atoms with van der Waals surface area (Å²) < 4.78 is 12.4. The summed E-state index contributed by atoms with van der Waals surface area (Å²) in [5, 5.41) is 4.23. The van der Waals surface area contributed by atoms with Gasteiger partial charge in [0.05, 0.1) is 24.5 Å². The molecule has 1 saturated heterocycles. The Morgan fingerprint density at radius 3 is 2.80 bits per heavy atom. The molecule has 0 atom stereocenters. The summed E-state index contributed by atoms with van der Waals surface area (Å²) in [4.78, 5) is 0.316. The number of nitrogens with two attached hydrogens (primary N) is 1. The number of ether oxygens (including phenoxy) is 2. The smallest absolute Gasteiger partial charge is 0.222 e. The Labute approximate surface area is 93.1 Å². The van der Waals surface area contributed by atoms with E-state index < -0.39 is 0 Å². The number of aryl methyl sites for hydroxylation is 2. The van der Waals surface area contributed by atoms with Crippen LogP contribution in [0, 0.1) is 6.92 Å². The van der Waals surface area contributed by atoms with E-state index in [-0.39, 0.29) is 6.10 Å². The predicted octanol–water partition coefficient (Wildman–Crippen LogP) is 0.140. The second kappa shape index (κ2) is 3.79. The maximum absolute atomic E-state index is 5.70. The van der Waals surface area contributed by atoms with E-state index in [0.29, 0.717) is 24.1 Å². The van der Waals surface area contributed by atoms with Crippen LogP contribution in [0.25, 0.3) is 0 Å². The summed E-state index contributed by atoms with van der Waals surface area (Å²) in [6.07, 6.45) is 0.0906. The van der Waals surface area contributed by atoms with Gasteiger partial charge in [0.2, 0.25) is 5.88 Å². The second-order valence-electron chi connectivity index (χ2n) is 3.53. The molecule has 2 N–H and O–H groups in total. The molecule has 0 aliphatic carbocycles. The quantitative estimate of drug-likeness (QED) is 0.744. The molecule has 0 saturated carbocycles. The van der Waals surface area contributed by atoms with Crippen LogP contribution in [0.1, 0.15) is 11.3 Å². The van der Waals surface area contributed by atoms with E-state index >= 15 is 0 Å². The van der Waals surface area contributed by atoms with Gasteiger partial charge in [-0.3, -0.25) is 0 Å². The average molecular weight is 227 g/mol. The lowest BCUT2D eigenvalue weighted by Gasteiger charge is -2.26. The van der Waals surface area contributed by atoms with E-state index in [0.717, 1.165) is 11.3 Å². The Bertz CT molecular complexity index is 398. The van der Waals surface area contributed by atoms with Crippen molar-refractivity contribution in [1.29, 1.82) is 0 Å². The molecule has 1 aromatic heterocycles. The van der Waals surface area contributed by atoms with Gasteiger partial charge in [0.25, 0.3) is 0 Å². The SMILES string of the molecule is Cc1nn(C)c(OC2COC2)c1C(N)=S. The van der Waals surface area contributed by atoms with Gasteiger partial charge in [0.15, 0.2) is 0 Å². The zero-order valence-electron chi connectivity index (χ0n) is 8.69. The monoisotopic (exact) mass is 227 g/mol. The number of hydrogen-bond donors (Lipinski definition) is 1. The molecule has 0 spiro atoms. The van der Waals surface area contributed by atoms with Crippen LogP contribution in [0.2, 0.25) is 0 Å². The third-order valence-corrected chi connectivity index (χ3v) is 2.51. The number of thiocarbonyl (C=S) groups is 1. The molecule has 15 heavy (non-hydrogen) atoms. The molecular formula is C9H13N3O2S. The Morgan fingerprint density at radius 1 is 1.67 bits per heavy atom. The molecular weight excluding hydrogens is 214 g/mol. The zero-order valence-corrected chi connectivity index (χ0v) is 9.50. The largest absolute Gasteiger partial charge is 0.469 e. The first-order valence-corrected chi connectivity index (χ1v) is 5.08. The number of hydrogen-bond acceptors (Lipinski definition) is 4.